The molecule has 2 heterocycles. The minimum absolute atomic E-state index is 0.407. The second-order valence-corrected chi connectivity index (χ2v) is 7.73. The molecular weight excluding hydrogens is 404 g/mol. The highest BCUT2D eigenvalue weighted by atomic mass is 79.9. The summed E-state index contributed by atoms with van der Waals surface area (Å²) in [5, 5.41) is 3.58. The van der Waals surface area contributed by atoms with Gasteiger partial charge in [0.2, 0.25) is 0 Å². The zero-order chi connectivity index (χ0) is 19.2. The number of aryl methyl sites for hydroxylation is 2. The molecular formula is C21H21BrN4O. The Kier molecular flexibility index (Phi) is 4.50. The Morgan fingerprint density at radius 2 is 1.78 bits per heavy atom. The summed E-state index contributed by atoms with van der Waals surface area (Å²) in [6, 6.07) is 12.5. The maximum atomic E-state index is 6.42. The van der Waals surface area contributed by atoms with Crippen molar-refractivity contribution in [2.45, 2.75) is 25.6 Å². The van der Waals surface area contributed by atoms with Gasteiger partial charge in [-0.3, -0.25) is 15.3 Å². The molecule has 2 atom stereocenters. The van der Waals surface area contributed by atoms with Gasteiger partial charge in [-0.1, -0.05) is 28.1 Å². The Morgan fingerprint density at radius 1 is 1.07 bits per heavy atom. The summed E-state index contributed by atoms with van der Waals surface area (Å²) in [5.41, 5.74) is 11.6. The van der Waals surface area contributed by atoms with Crippen LogP contribution in [0.2, 0.25) is 0 Å². The number of nitrogens with zero attached hydrogens (tertiary/aromatic N) is 2. The van der Waals surface area contributed by atoms with Crippen LogP contribution < -0.4 is 15.8 Å². The number of aromatic nitrogens is 2. The molecule has 0 saturated carbocycles. The molecule has 1 aromatic heterocycles. The molecule has 2 aromatic carbocycles. The Labute approximate surface area is 167 Å². The summed E-state index contributed by atoms with van der Waals surface area (Å²) >= 11 is 3.60. The second-order valence-electron chi connectivity index (χ2n) is 6.82. The summed E-state index contributed by atoms with van der Waals surface area (Å²) in [4.78, 5) is 9.20. The fourth-order valence-electron chi connectivity index (χ4n) is 4.05. The molecule has 1 aliphatic heterocycles. The van der Waals surface area contributed by atoms with Crippen molar-refractivity contribution in [2.24, 2.45) is 5.73 Å². The van der Waals surface area contributed by atoms with E-state index >= 15 is 0 Å². The summed E-state index contributed by atoms with van der Waals surface area (Å²) in [7, 11) is 1.70. The lowest BCUT2D eigenvalue weighted by Crippen LogP contribution is -2.43. The Balaban J connectivity index is 2.06. The van der Waals surface area contributed by atoms with Crippen molar-refractivity contribution < 1.29 is 4.74 Å². The molecule has 0 bridgehead atoms. The first-order valence-electron chi connectivity index (χ1n) is 8.74. The van der Waals surface area contributed by atoms with Gasteiger partial charge in [0.05, 0.1) is 18.5 Å². The highest BCUT2D eigenvalue weighted by Gasteiger charge is 2.47. The van der Waals surface area contributed by atoms with E-state index in [0.29, 0.717) is 0 Å². The van der Waals surface area contributed by atoms with Gasteiger partial charge in [0.25, 0.3) is 0 Å². The van der Waals surface area contributed by atoms with Crippen molar-refractivity contribution in [3.63, 3.8) is 0 Å². The van der Waals surface area contributed by atoms with Crippen LogP contribution in [0.25, 0.3) is 0 Å². The van der Waals surface area contributed by atoms with Crippen LogP contribution in [-0.4, -0.2) is 17.1 Å². The lowest BCUT2D eigenvalue weighted by molar-refractivity contribution is 0.406. The fourth-order valence-corrected chi connectivity index (χ4v) is 4.45. The molecule has 0 fully saturated rings. The van der Waals surface area contributed by atoms with Crippen LogP contribution in [0.3, 0.4) is 0 Å². The average molecular weight is 425 g/mol. The number of benzene rings is 2. The normalized spacial score (nSPS) is 21.1. The largest absolute Gasteiger partial charge is 0.496 e. The SMILES string of the molecule is COc1c(C)cc([C@]2(c3cccc(Br)c3)NC(N)c3nccnc32)cc1C. The fraction of sp³-hybridized carbons (Fsp3) is 0.238. The monoisotopic (exact) mass is 424 g/mol. The van der Waals surface area contributed by atoms with E-state index in [9.17, 15) is 0 Å². The van der Waals surface area contributed by atoms with Gasteiger partial charge in [0.1, 0.15) is 17.5 Å². The van der Waals surface area contributed by atoms with Gasteiger partial charge in [0.15, 0.2) is 0 Å². The molecule has 4 rings (SSSR count). The standard InChI is InChI=1S/C21H21BrN4O/c1-12-9-15(10-13(2)18(12)27-3)21(14-5-4-6-16(22)11-14)19-17(20(23)26-21)24-7-8-25-19/h4-11,20,26H,23H2,1-3H3/t20?,21-/m0/s1. The van der Waals surface area contributed by atoms with Crippen LogP contribution in [0, 0.1) is 13.8 Å². The van der Waals surface area contributed by atoms with E-state index in [1.54, 1.807) is 19.5 Å². The van der Waals surface area contributed by atoms with Crippen LogP contribution in [0.1, 0.15) is 39.8 Å². The maximum absolute atomic E-state index is 6.42. The summed E-state index contributed by atoms with van der Waals surface area (Å²) in [6.45, 7) is 4.10. The summed E-state index contributed by atoms with van der Waals surface area (Å²) < 4.78 is 6.56. The van der Waals surface area contributed by atoms with Crippen LogP contribution in [0.5, 0.6) is 5.75 Å². The smallest absolute Gasteiger partial charge is 0.124 e. The van der Waals surface area contributed by atoms with E-state index in [0.717, 1.165) is 43.9 Å². The third-order valence-electron chi connectivity index (χ3n) is 5.10. The third-order valence-corrected chi connectivity index (χ3v) is 5.60. The zero-order valence-electron chi connectivity index (χ0n) is 15.5. The molecule has 1 aliphatic rings. The molecule has 0 saturated heterocycles. The van der Waals surface area contributed by atoms with Gasteiger partial charge in [-0.15, -0.1) is 0 Å². The highest BCUT2D eigenvalue weighted by Crippen LogP contribution is 2.45. The van der Waals surface area contributed by atoms with Crippen molar-refractivity contribution in [1.29, 1.82) is 0 Å². The molecule has 5 nitrogen and oxygen atoms in total. The molecule has 138 valence electrons. The number of hydrogen-bond donors (Lipinski definition) is 2. The first-order chi connectivity index (χ1) is 13.0. The van der Waals surface area contributed by atoms with E-state index in [2.05, 4.69) is 64.3 Å². The van der Waals surface area contributed by atoms with Crippen LogP contribution >= 0.6 is 15.9 Å². The van der Waals surface area contributed by atoms with Crippen LogP contribution in [0.15, 0.2) is 53.3 Å². The molecule has 1 unspecified atom stereocenters. The molecule has 27 heavy (non-hydrogen) atoms. The number of hydrogen-bond acceptors (Lipinski definition) is 5. The van der Waals surface area contributed by atoms with Crippen molar-refractivity contribution >= 4 is 15.9 Å². The van der Waals surface area contributed by atoms with Crippen LogP contribution in [-0.2, 0) is 5.54 Å². The van der Waals surface area contributed by atoms with Crippen LogP contribution in [0.4, 0.5) is 0 Å². The minimum Gasteiger partial charge on any atom is -0.496 e. The highest BCUT2D eigenvalue weighted by molar-refractivity contribution is 9.10. The van der Waals surface area contributed by atoms with E-state index < -0.39 is 11.7 Å². The molecule has 0 spiro atoms. The van der Waals surface area contributed by atoms with Gasteiger partial charge >= 0.3 is 0 Å². The van der Waals surface area contributed by atoms with Gasteiger partial charge in [0, 0.05) is 16.9 Å². The topological polar surface area (TPSA) is 73.1 Å². The number of methoxy groups -OCH3 is 1. The first-order valence-corrected chi connectivity index (χ1v) is 9.53. The number of rotatable bonds is 3. The van der Waals surface area contributed by atoms with E-state index in [1.807, 2.05) is 12.1 Å². The van der Waals surface area contributed by atoms with Gasteiger partial charge in [-0.25, -0.2) is 0 Å². The van der Waals surface area contributed by atoms with Crippen molar-refractivity contribution in [3.05, 3.63) is 86.9 Å². The quantitative estimate of drug-likeness (QED) is 0.669. The lowest BCUT2D eigenvalue weighted by Gasteiger charge is -2.32. The molecule has 0 radical (unpaired) electrons. The molecule has 6 heteroatoms. The van der Waals surface area contributed by atoms with Gasteiger partial charge in [-0.05, 0) is 60.4 Å². The minimum atomic E-state index is -0.686. The molecule has 0 amide bonds. The predicted octanol–water partition coefficient (Wildman–Crippen LogP) is 3.72. The van der Waals surface area contributed by atoms with Crippen molar-refractivity contribution in [1.82, 2.24) is 15.3 Å². The second kappa shape index (κ2) is 6.71. The van der Waals surface area contributed by atoms with Crippen molar-refractivity contribution in [2.75, 3.05) is 7.11 Å². The number of ether oxygens (including phenoxy) is 1. The molecule has 0 aliphatic carbocycles. The number of fused-ring (bicyclic) bond motifs is 1. The predicted molar refractivity (Wildman–Crippen MR) is 109 cm³/mol. The van der Waals surface area contributed by atoms with Gasteiger partial charge in [-0.2, -0.15) is 0 Å². The van der Waals surface area contributed by atoms with E-state index in [4.69, 9.17) is 15.5 Å². The Hall–Kier alpha value is -2.28. The number of nitrogens with two attached hydrogens (primary N) is 1. The summed E-state index contributed by atoms with van der Waals surface area (Å²) in [5.74, 6) is 0.893. The third kappa shape index (κ3) is 2.76. The zero-order valence-corrected chi connectivity index (χ0v) is 17.0. The number of nitrogens with one attached hydrogen (secondary N) is 1. The van der Waals surface area contributed by atoms with Crippen molar-refractivity contribution in [3.8, 4) is 5.75 Å². The first kappa shape index (κ1) is 18.1. The Morgan fingerprint density at radius 3 is 2.44 bits per heavy atom. The lowest BCUT2D eigenvalue weighted by atomic mass is 9.80. The average Bonchev–Trinajstić information content (AvgIpc) is 2.96. The van der Waals surface area contributed by atoms with Gasteiger partial charge < -0.3 is 10.5 Å². The molecule has 3 N–H and O–H groups in total. The van der Waals surface area contributed by atoms with E-state index in [-0.39, 0.29) is 0 Å². The number of halogens is 1. The summed E-state index contributed by atoms with van der Waals surface area (Å²) in [6.07, 6.45) is 2.99. The Bertz CT molecular complexity index is 1000. The van der Waals surface area contributed by atoms with E-state index in [1.165, 1.54) is 0 Å². The molecule has 3 aromatic rings. The maximum Gasteiger partial charge on any atom is 0.124 e.